The number of benzene rings is 2. The van der Waals surface area contributed by atoms with Crippen molar-refractivity contribution in [3.05, 3.63) is 59.2 Å². The standard InChI is InChI=1S/C18H23NS/c1-4-11-19-13-16-7-5-6-8-17(16)20-18-12-14(2)9-10-15(18)3/h5-10,12,19H,4,11,13H2,1-3H3. The minimum absolute atomic E-state index is 0.946. The molecule has 0 aromatic heterocycles. The second-order valence-corrected chi connectivity index (χ2v) is 6.24. The van der Waals surface area contributed by atoms with Crippen LogP contribution >= 0.6 is 11.8 Å². The second-order valence-electron chi connectivity index (χ2n) is 5.16. The van der Waals surface area contributed by atoms with Gasteiger partial charge in [0.25, 0.3) is 0 Å². The van der Waals surface area contributed by atoms with E-state index in [9.17, 15) is 0 Å². The number of rotatable bonds is 6. The smallest absolute Gasteiger partial charge is 0.0216 e. The Morgan fingerprint density at radius 3 is 2.60 bits per heavy atom. The molecular weight excluding hydrogens is 262 g/mol. The first-order valence-electron chi connectivity index (χ1n) is 7.24. The van der Waals surface area contributed by atoms with Crippen molar-refractivity contribution in [2.75, 3.05) is 6.54 Å². The summed E-state index contributed by atoms with van der Waals surface area (Å²) in [4.78, 5) is 2.71. The molecule has 0 aliphatic heterocycles. The van der Waals surface area contributed by atoms with E-state index in [0.29, 0.717) is 0 Å². The van der Waals surface area contributed by atoms with E-state index in [4.69, 9.17) is 0 Å². The molecule has 0 spiro atoms. The molecule has 2 aromatic carbocycles. The van der Waals surface area contributed by atoms with E-state index >= 15 is 0 Å². The van der Waals surface area contributed by atoms with E-state index in [0.717, 1.165) is 13.1 Å². The maximum atomic E-state index is 3.49. The lowest BCUT2D eigenvalue weighted by Gasteiger charge is -2.12. The van der Waals surface area contributed by atoms with Gasteiger partial charge in [-0.05, 0) is 55.6 Å². The molecule has 2 aromatic rings. The van der Waals surface area contributed by atoms with Crippen molar-refractivity contribution in [1.29, 1.82) is 0 Å². The van der Waals surface area contributed by atoms with Crippen LogP contribution in [0.25, 0.3) is 0 Å². The van der Waals surface area contributed by atoms with Crippen LogP contribution in [0.15, 0.2) is 52.3 Å². The molecule has 2 heteroatoms. The maximum absolute atomic E-state index is 3.49. The van der Waals surface area contributed by atoms with Crippen LogP contribution in [0.5, 0.6) is 0 Å². The largest absolute Gasteiger partial charge is 0.313 e. The molecule has 0 amide bonds. The van der Waals surface area contributed by atoms with Gasteiger partial charge in [0.2, 0.25) is 0 Å². The molecule has 0 aliphatic rings. The van der Waals surface area contributed by atoms with Crippen molar-refractivity contribution in [2.24, 2.45) is 0 Å². The van der Waals surface area contributed by atoms with Gasteiger partial charge in [0.1, 0.15) is 0 Å². The van der Waals surface area contributed by atoms with Crippen LogP contribution in [0.3, 0.4) is 0 Å². The summed E-state index contributed by atoms with van der Waals surface area (Å²) >= 11 is 1.87. The zero-order chi connectivity index (χ0) is 14.4. The average molecular weight is 285 g/mol. The van der Waals surface area contributed by atoms with Crippen LogP contribution in [0, 0.1) is 13.8 Å². The molecular formula is C18H23NS. The van der Waals surface area contributed by atoms with E-state index in [-0.39, 0.29) is 0 Å². The molecule has 0 fully saturated rings. The molecule has 0 heterocycles. The highest BCUT2D eigenvalue weighted by molar-refractivity contribution is 7.99. The Hall–Kier alpha value is -1.25. The van der Waals surface area contributed by atoms with Crippen LogP contribution in [-0.4, -0.2) is 6.54 Å². The number of hydrogen-bond donors (Lipinski definition) is 1. The van der Waals surface area contributed by atoms with E-state index in [1.807, 2.05) is 11.8 Å². The third kappa shape index (κ3) is 4.12. The molecule has 0 saturated heterocycles. The highest BCUT2D eigenvalue weighted by atomic mass is 32.2. The van der Waals surface area contributed by atoms with Gasteiger partial charge in [-0.3, -0.25) is 0 Å². The van der Waals surface area contributed by atoms with Gasteiger partial charge in [0, 0.05) is 16.3 Å². The van der Waals surface area contributed by atoms with Crippen molar-refractivity contribution < 1.29 is 0 Å². The van der Waals surface area contributed by atoms with Gasteiger partial charge in [-0.2, -0.15) is 0 Å². The van der Waals surface area contributed by atoms with Crippen molar-refractivity contribution in [3.63, 3.8) is 0 Å². The summed E-state index contributed by atoms with van der Waals surface area (Å²) < 4.78 is 0. The second kappa shape index (κ2) is 7.51. The molecule has 0 bridgehead atoms. The number of aryl methyl sites for hydroxylation is 2. The lowest BCUT2D eigenvalue weighted by atomic mass is 10.2. The molecule has 1 nitrogen and oxygen atoms in total. The van der Waals surface area contributed by atoms with E-state index in [2.05, 4.69) is 68.6 Å². The minimum Gasteiger partial charge on any atom is -0.313 e. The van der Waals surface area contributed by atoms with Crippen LogP contribution < -0.4 is 5.32 Å². The Kier molecular flexibility index (Phi) is 5.69. The first-order chi connectivity index (χ1) is 9.70. The highest BCUT2D eigenvalue weighted by Gasteiger charge is 2.06. The lowest BCUT2D eigenvalue weighted by Crippen LogP contribution is -2.14. The minimum atomic E-state index is 0.946. The van der Waals surface area contributed by atoms with Gasteiger partial charge in [-0.15, -0.1) is 0 Å². The molecule has 20 heavy (non-hydrogen) atoms. The van der Waals surface area contributed by atoms with Crippen LogP contribution in [0.4, 0.5) is 0 Å². The Morgan fingerprint density at radius 1 is 1.00 bits per heavy atom. The number of hydrogen-bond acceptors (Lipinski definition) is 2. The van der Waals surface area contributed by atoms with Gasteiger partial charge in [-0.25, -0.2) is 0 Å². The summed E-state index contributed by atoms with van der Waals surface area (Å²) in [5.41, 5.74) is 4.04. The molecule has 0 radical (unpaired) electrons. The maximum Gasteiger partial charge on any atom is 0.0216 e. The van der Waals surface area contributed by atoms with Crippen molar-refractivity contribution in [3.8, 4) is 0 Å². The topological polar surface area (TPSA) is 12.0 Å². The fourth-order valence-electron chi connectivity index (χ4n) is 2.09. The first kappa shape index (κ1) is 15.1. The van der Waals surface area contributed by atoms with Crippen molar-refractivity contribution in [1.82, 2.24) is 5.32 Å². The van der Waals surface area contributed by atoms with Crippen LogP contribution in [-0.2, 0) is 6.54 Å². The monoisotopic (exact) mass is 285 g/mol. The summed E-state index contributed by atoms with van der Waals surface area (Å²) in [5, 5.41) is 3.49. The quantitative estimate of drug-likeness (QED) is 0.753. The zero-order valence-electron chi connectivity index (χ0n) is 12.6. The SMILES string of the molecule is CCCNCc1ccccc1Sc1cc(C)ccc1C. The van der Waals surface area contributed by atoms with Crippen LogP contribution in [0.2, 0.25) is 0 Å². The van der Waals surface area contributed by atoms with E-state index < -0.39 is 0 Å². The Labute approximate surface area is 126 Å². The number of nitrogens with one attached hydrogen (secondary N) is 1. The summed E-state index contributed by atoms with van der Waals surface area (Å²) in [5.74, 6) is 0. The summed E-state index contributed by atoms with van der Waals surface area (Å²) in [6, 6.07) is 15.3. The summed E-state index contributed by atoms with van der Waals surface area (Å²) in [6.07, 6.45) is 1.17. The average Bonchev–Trinajstić information content (AvgIpc) is 2.45. The van der Waals surface area contributed by atoms with E-state index in [1.165, 1.54) is 32.9 Å². The van der Waals surface area contributed by atoms with Crippen molar-refractivity contribution in [2.45, 2.75) is 43.5 Å². The molecule has 0 atom stereocenters. The van der Waals surface area contributed by atoms with Gasteiger partial charge in [0.15, 0.2) is 0 Å². The Bertz CT molecular complexity index is 563. The van der Waals surface area contributed by atoms with Gasteiger partial charge in [-0.1, -0.05) is 49.0 Å². The fourth-order valence-corrected chi connectivity index (χ4v) is 3.21. The third-order valence-corrected chi connectivity index (χ3v) is 4.56. The predicted molar refractivity (Wildman–Crippen MR) is 88.5 cm³/mol. The Balaban J connectivity index is 2.18. The molecule has 0 saturated carbocycles. The van der Waals surface area contributed by atoms with Crippen LogP contribution in [0.1, 0.15) is 30.0 Å². The summed E-state index contributed by atoms with van der Waals surface area (Å²) in [6.45, 7) is 8.55. The predicted octanol–water partition coefficient (Wildman–Crippen LogP) is 4.95. The highest BCUT2D eigenvalue weighted by Crippen LogP contribution is 2.33. The molecule has 0 unspecified atom stereocenters. The zero-order valence-corrected chi connectivity index (χ0v) is 13.4. The first-order valence-corrected chi connectivity index (χ1v) is 8.06. The molecule has 1 N–H and O–H groups in total. The Morgan fingerprint density at radius 2 is 1.80 bits per heavy atom. The normalized spacial score (nSPS) is 10.8. The summed E-state index contributed by atoms with van der Waals surface area (Å²) in [7, 11) is 0. The lowest BCUT2D eigenvalue weighted by molar-refractivity contribution is 0.669. The molecule has 0 aliphatic carbocycles. The third-order valence-electron chi connectivity index (χ3n) is 3.28. The molecule has 106 valence electrons. The fraction of sp³-hybridized carbons (Fsp3) is 0.333. The van der Waals surface area contributed by atoms with Gasteiger partial charge in [0.05, 0.1) is 0 Å². The van der Waals surface area contributed by atoms with E-state index in [1.54, 1.807) is 0 Å². The molecule has 2 rings (SSSR count). The van der Waals surface area contributed by atoms with Crippen molar-refractivity contribution >= 4 is 11.8 Å². The van der Waals surface area contributed by atoms with Gasteiger partial charge < -0.3 is 5.32 Å². The van der Waals surface area contributed by atoms with Gasteiger partial charge >= 0.3 is 0 Å².